The van der Waals surface area contributed by atoms with Gasteiger partial charge in [0.15, 0.2) is 0 Å². The molecule has 0 amide bonds. The summed E-state index contributed by atoms with van der Waals surface area (Å²) in [7, 11) is 0. The van der Waals surface area contributed by atoms with Crippen molar-refractivity contribution in [2.24, 2.45) is 0 Å². The van der Waals surface area contributed by atoms with Crippen molar-refractivity contribution in [3.05, 3.63) is 48.2 Å². The number of hydrogen-bond acceptors (Lipinski definition) is 1. The van der Waals surface area contributed by atoms with Gasteiger partial charge in [0.2, 0.25) is 0 Å². The molecule has 1 N–H and O–H groups in total. The minimum Gasteiger partial charge on any atom is -0.386 e. The first-order valence-corrected chi connectivity index (χ1v) is 5.11. The van der Waals surface area contributed by atoms with E-state index in [1.807, 2.05) is 6.07 Å². The fourth-order valence-corrected chi connectivity index (χ4v) is 1.44. The molecule has 0 aliphatic rings. The van der Waals surface area contributed by atoms with Gasteiger partial charge in [0.25, 0.3) is 0 Å². The van der Waals surface area contributed by atoms with Gasteiger partial charge in [0, 0.05) is 17.7 Å². The predicted octanol–water partition coefficient (Wildman–Crippen LogP) is 3.30. The molecule has 1 rings (SSSR count). The van der Waals surface area contributed by atoms with Crippen molar-refractivity contribution >= 4 is 0 Å². The van der Waals surface area contributed by atoms with Gasteiger partial charge in [0.05, 0.1) is 0 Å². The summed E-state index contributed by atoms with van der Waals surface area (Å²) in [5, 5.41) is 3.35. The zero-order valence-corrected chi connectivity index (χ0v) is 9.25. The van der Waals surface area contributed by atoms with E-state index in [4.69, 9.17) is 0 Å². The third-order valence-corrected chi connectivity index (χ3v) is 2.30. The highest BCUT2D eigenvalue weighted by molar-refractivity contribution is 5.25. The van der Waals surface area contributed by atoms with Crippen molar-refractivity contribution in [2.75, 3.05) is 0 Å². The summed E-state index contributed by atoms with van der Waals surface area (Å²) in [6, 6.07) is 10.9. The van der Waals surface area contributed by atoms with Crippen molar-refractivity contribution in [3.8, 4) is 0 Å². The van der Waals surface area contributed by atoms with Crippen molar-refractivity contribution in [1.29, 1.82) is 0 Å². The first-order chi connectivity index (χ1) is 6.61. The first-order valence-electron chi connectivity index (χ1n) is 5.11. The Kier molecular flexibility index (Phi) is 3.75. The SMILES string of the molecule is C=C(NC(C)C)C(C)c1ccccc1. The van der Waals surface area contributed by atoms with Gasteiger partial charge < -0.3 is 5.32 Å². The maximum atomic E-state index is 4.06. The standard InChI is InChI=1S/C13H19N/c1-10(2)14-12(4)11(3)13-8-6-5-7-9-13/h5-11,14H,4H2,1-3H3. The maximum absolute atomic E-state index is 4.06. The van der Waals surface area contributed by atoms with E-state index in [9.17, 15) is 0 Å². The highest BCUT2D eigenvalue weighted by atomic mass is 14.9. The van der Waals surface area contributed by atoms with E-state index >= 15 is 0 Å². The van der Waals surface area contributed by atoms with E-state index in [0.29, 0.717) is 12.0 Å². The van der Waals surface area contributed by atoms with Crippen LogP contribution in [0.5, 0.6) is 0 Å². The summed E-state index contributed by atoms with van der Waals surface area (Å²) in [5.41, 5.74) is 2.40. The van der Waals surface area contributed by atoms with E-state index in [-0.39, 0.29) is 0 Å². The molecule has 0 fully saturated rings. The van der Waals surface area contributed by atoms with Crippen LogP contribution in [0.3, 0.4) is 0 Å². The van der Waals surface area contributed by atoms with Crippen molar-refractivity contribution < 1.29 is 0 Å². The van der Waals surface area contributed by atoms with Gasteiger partial charge in [0.1, 0.15) is 0 Å². The minimum absolute atomic E-state index is 0.374. The number of benzene rings is 1. The van der Waals surface area contributed by atoms with Gasteiger partial charge in [-0.2, -0.15) is 0 Å². The van der Waals surface area contributed by atoms with Crippen LogP contribution in [0.15, 0.2) is 42.6 Å². The molecule has 1 heteroatoms. The van der Waals surface area contributed by atoms with Gasteiger partial charge in [-0.1, -0.05) is 43.8 Å². The zero-order valence-electron chi connectivity index (χ0n) is 9.25. The summed E-state index contributed by atoms with van der Waals surface area (Å²) in [6.45, 7) is 10.5. The largest absolute Gasteiger partial charge is 0.386 e. The predicted molar refractivity (Wildman–Crippen MR) is 62.3 cm³/mol. The molecule has 14 heavy (non-hydrogen) atoms. The van der Waals surface area contributed by atoms with E-state index < -0.39 is 0 Å². The average molecular weight is 189 g/mol. The van der Waals surface area contributed by atoms with Crippen LogP contribution in [-0.4, -0.2) is 6.04 Å². The van der Waals surface area contributed by atoms with Gasteiger partial charge >= 0.3 is 0 Å². The molecule has 0 spiro atoms. The molecular weight excluding hydrogens is 170 g/mol. The van der Waals surface area contributed by atoms with Gasteiger partial charge in [-0.05, 0) is 19.4 Å². The molecule has 1 aromatic rings. The van der Waals surface area contributed by atoms with E-state index in [0.717, 1.165) is 5.70 Å². The fourth-order valence-electron chi connectivity index (χ4n) is 1.44. The molecule has 0 saturated carbocycles. The molecule has 0 saturated heterocycles. The monoisotopic (exact) mass is 189 g/mol. The topological polar surface area (TPSA) is 12.0 Å². The summed E-state index contributed by atoms with van der Waals surface area (Å²) < 4.78 is 0. The van der Waals surface area contributed by atoms with Gasteiger partial charge in [-0.15, -0.1) is 0 Å². The Hall–Kier alpha value is -1.24. The molecule has 0 radical (unpaired) electrons. The normalized spacial score (nSPS) is 12.6. The van der Waals surface area contributed by atoms with Crippen LogP contribution in [0.2, 0.25) is 0 Å². The molecule has 76 valence electrons. The van der Waals surface area contributed by atoms with Crippen LogP contribution in [0, 0.1) is 0 Å². The molecule has 0 aliphatic carbocycles. The van der Waals surface area contributed by atoms with Crippen LogP contribution < -0.4 is 5.32 Å². The third-order valence-electron chi connectivity index (χ3n) is 2.30. The average Bonchev–Trinajstić information content (AvgIpc) is 2.17. The molecule has 0 bridgehead atoms. The summed E-state index contributed by atoms with van der Waals surface area (Å²) in [5.74, 6) is 0.374. The second kappa shape index (κ2) is 4.85. The lowest BCUT2D eigenvalue weighted by molar-refractivity contribution is 0.627. The van der Waals surface area contributed by atoms with Crippen molar-refractivity contribution in [3.63, 3.8) is 0 Å². The second-order valence-electron chi connectivity index (χ2n) is 3.96. The Balaban J connectivity index is 2.66. The lowest BCUT2D eigenvalue weighted by atomic mass is 9.98. The summed E-state index contributed by atoms with van der Waals surface area (Å²) in [6.07, 6.45) is 0. The van der Waals surface area contributed by atoms with Crippen LogP contribution in [0.1, 0.15) is 32.3 Å². The molecule has 0 aromatic heterocycles. The fraction of sp³-hybridized carbons (Fsp3) is 0.385. The minimum atomic E-state index is 0.374. The number of nitrogens with one attached hydrogen (secondary N) is 1. The van der Waals surface area contributed by atoms with Gasteiger partial charge in [-0.3, -0.25) is 0 Å². The lowest BCUT2D eigenvalue weighted by Gasteiger charge is -2.19. The number of allylic oxidation sites excluding steroid dienone is 1. The van der Waals surface area contributed by atoms with Crippen LogP contribution in [-0.2, 0) is 0 Å². The highest BCUT2D eigenvalue weighted by Gasteiger charge is 2.08. The Bertz CT molecular complexity index is 287. The molecule has 1 atom stereocenters. The zero-order chi connectivity index (χ0) is 10.6. The third kappa shape index (κ3) is 2.91. The van der Waals surface area contributed by atoms with Crippen LogP contribution >= 0.6 is 0 Å². The Labute approximate surface area is 86.8 Å². The summed E-state index contributed by atoms with van der Waals surface area (Å²) in [4.78, 5) is 0. The highest BCUT2D eigenvalue weighted by Crippen LogP contribution is 2.20. The smallest absolute Gasteiger partial charge is 0.0203 e. The Morgan fingerprint density at radius 2 is 1.71 bits per heavy atom. The quantitative estimate of drug-likeness (QED) is 0.766. The Morgan fingerprint density at radius 3 is 2.21 bits per heavy atom. The van der Waals surface area contributed by atoms with Crippen molar-refractivity contribution in [2.45, 2.75) is 32.7 Å². The van der Waals surface area contributed by atoms with Gasteiger partial charge in [-0.25, -0.2) is 0 Å². The second-order valence-corrected chi connectivity index (χ2v) is 3.96. The molecule has 0 heterocycles. The number of hydrogen-bond donors (Lipinski definition) is 1. The molecule has 1 unspecified atom stereocenters. The molecular formula is C13H19N. The van der Waals surface area contributed by atoms with E-state index in [2.05, 4.69) is 56.9 Å². The Morgan fingerprint density at radius 1 is 1.14 bits per heavy atom. The maximum Gasteiger partial charge on any atom is 0.0203 e. The summed E-state index contributed by atoms with van der Waals surface area (Å²) >= 11 is 0. The molecule has 1 nitrogen and oxygen atoms in total. The van der Waals surface area contributed by atoms with E-state index in [1.165, 1.54) is 5.56 Å². The first kappa shape index (κ1) is 10.8. The van der Waals surface area contributed by atoms with Crippen molar-refractivity contribution in [1.82, 2.24) is 5.32 Å². The van der Waals surface area contributed by atoms with E-state index in [1.54, 1.807) is 0 Å². The molecule has 0 aliphatic heterocycles. The van der Waals surface area contributed by atoms with Crippen LogP contribution in [0.25, 0.3) is 0 Å². The molecule has 1 aromatic carbocycles. The number of rotatable bonds is 4. The van der Waals surface area contributed by atoms with Crippen LogP contribution in [0.4, 0.5) is 0 Å². The lowest BCUT2D eigenvalue weighted by Crippen LogP contribution is -2.24.